The van der Waals surface area contributed by atoms with Crippen molar-refractivity contribution in [1.29, 1.82) is 0 Å². The maximum atomic E-state index is 12.4. The van der Waals surface area contributed by atoms with Gasteiger partial charge in [0.25, 0.3) is 5.91 Å². The van der Waals surface area contributed by atoms with E-state index in [4.69, 9.17) is 0 Å². The molecule has 1 atom stereocenters. The molecular weight excluding hydrogens is 318 g/mol. The van der Waals surface area contributed by atoms with Crippen LogP contribution in [0.5, 0.6) is 0 Å². The molecule has 0 radical (unpaired) electrons. The van der Waals surface area contributed by atoms with Gasteiger partial charge in [-0.05, 0) is 31.4 Å². The van der Waals surface area contributed by atoms with Gasteiger partial charge < -0.3 is 5.32 Å². The first kappa shape index (κ1) is 19.0. The fourth-order valence-corrected chi connectivity index (χ4v) is 2.87. The zero-order valence-corrected chi connectivity index (χ0v) is 15.2. The highest BCUT2D eigenvalue weighted by atomic mass is 16.2. The molecule has 2 rings (SSSR count). The molecule has 1 heterocycles. The van der Waals surface area contributed by atoms with Crippen LogP contribution >= 0.6 is 0 Å². The standard InChI is InChI=1S/C19H27N3O3/c1-14(2)8-7-9-15(3)20-17(23)12-22-18(24)13-21(19(22)25)16-10-5-4-6-11-16/h4-6,10-11,14-15H,7-9,12-13H2,1-3H3,(H,20,23). The Bertz CT molecular complexity index is 616. The SMILES string of the molecule is CC(C)CCCC(C)NC(=O)CN1C(=O)CN(c2ccccc2)C1=O. The van der Waals surface area contributed by atoms with Crippen LogP contribution in [0.4, 0.5) is 10.5 Å². The summed E-state index contributed by atoms with van der Waals surface area (Å²) in [4.78, 5) is 39.1. The predicted octanol–water partition coefficient (Wildman–Crippen LogP) is 2.79. The number of urea groups is 1. The fourth-order valence-electron chi connectivity index (χ4n) is 2.87. The average molecular weight is 345 g/mol. The number of carbonyl (C=O) groups is 3. The molecule has 1 unspecified atom stereocenters. The maximum absolute atomic E-state index is 12.4. The number of para-hydroxylation sites is 1. The molecule has 4 amide bonds. The number of amides is 4. The molecule has 6 heteroatoms. The number of rotatable bonds is 8. The smallest absolute Gasteiger partial charge is 0.332 e. The van der Waals surface area contributed by atoms with Crippen LogP contribution < -0.4 is 10.2 Å². The molecule has 6 nitrogen and oxygen atoms in total. The second kappa shape index (κ2) is 8.65. The third-order valence-corrected chi connectivity index (χ3v) is 4.25. The number of hydrogen-bond donors (Lipinski definition) is 1. The van der Waals surface area contributed by atoms with Crippen LogP contribution in [0.25, 0.3) is 0 Å². The second-order valence-electron chi connectivity index (χ2n) is 6.98. The fraction of sp³-hybridized carbons (Fsp3) is 0.526. The Hall–Kier alpha value is -2.37. The number of nitrogens with zero attached hydrogens (tertiary/aromatic N) is 2. The van der Waals surface area contributed by atoms with Gasteiger partial charge >= 0.3 is 6.03 Å². The number of hydrogen-bond acceptors (Lipinski definition) is 3. The summed E-state index contributed by atoms with van der Waals surface area (Å²) in [6.07, 6.45) is 3.06. The highest BCUT2D eigenvalue weighted by Crippen LogP contribution is 2.20. The Labute approximate surface area is 149 Å². The summed E-state index contributed by atoms with van der Waals surface area (Å²) >= 11 is 0. The molecule has 1 fully saturated rings. The number of nitrogens with one attached hydrogen (secondary N) is 1. The summed E-state index contributed by atoms with van der Waals surface area (Å²) < 4.78 is 0. The number of anilines is 1. The number of imide groups is 1. The molecular formula is C19H27N3O3. The second-order valence-corrected chi connectivity index (χ2v) is 6.98. The molecule has 0 aromatic heterocycles. The van der Waals surface area contributed by atoms with E-state index in [9.17, 15) is 14.4 Å². The van der Waals surface area contributed by atoms with Gasteiger partial charge in [-0.15, -0.1) is 0 Å². The quantitative estimate of drug-likeness (QED) is 0.737. The van der Waals surface area contributed by atoms with Crippen molar-refractivity contribution in [2.75, 3.05) is 18.0 Å². The highest BCUT2D eigenvalue weighted by Gasteiger charge is 2.37. The highest BCUT2D eigenvalue weighted by molar-refractivity contribution is 6.13. The first-order valence-corrected chi connectivity index (χ1v) is 8.84. The summed E-state index contributed by atoms with van der Waals surface area (Å²) in [5.74, 6) is -0.00293. The Morgan fingerprint density at radius 1 is 1.12 bits per heavy atom. The third-order valence-electron chi connectivity index (χ3n) is 4.25. The van der Waals surface area contributed by atoms with E-state index in [2.05, 4.69) is 19.2 Å². The lowest BCUT2D eigenvalue weighted by Gasteiger charge is -2.19. The van der Waals surface area contributed by atoms with Crippen molar-refractivity contribution in [3.63, 3.8) is 0 Å². The predicted molar refractivity (Wildman–Crippen MR) is 97.2 cm³/mol. The Kier molecular flexibility index (Phi) is 6.56. The molecule has 1 aliphatic rings. The van der Waals surface area contributed by atoms with E-state index in [0.717, 1.165) is 24.2 Å². The van der Waals surface area contributed by atoms with Crippen LogP contribution in [0.3, 0.4) is 0 Å². The van der Waals surface area contributed by atoms with Gasteiger partial charge in [0, 0.05) is 11.7 Å². The molecule has 0 bridgehead atoms. The molecule has 0 saturated carbocycles. The van der Waals surface area contributed by atoms with Gasteiger partial charge in [-0.2, -0.15) is 0 Å². The van der Waals surface area contributed by atoms with Crippen molar-refractivity contribution in [1.82, 2.24) is 10.2 Å². The Balaban J connectivity index is 1.86. The monoisotopic (exact) mass is 345 g/mol. The van der Waals surface area contributed by atoms with Crippen molar-refractivity contribution in [2.24, 2.45) is 5.92 Å². The van der Waals surface area contributed by atoms with Crippen molar-refractivity contribution in [3.8, 4) is 0 Å². The molecule has 136 valence electrons. The number of carbonyl (C=O) groups excluding carboxylic acids is 3. The van der Waals surface area contributed by atoms with Gasteiger partial charge in [0.1, 0.15) is 13.1 Å². The maximum Gasteiger partial charge on any atom is 0.332 e. The van der Waals surface area contributed by atoms with Gasteiger partial charge in [-0.1, -0.05) is 44.9 Å². The van der Waals surface area contributed by atoms with E-state index in [1.54, 1.807) is 24.3 Å². The van der Waals surface area contributed by atoms with E-state index in [-0.39, 0.29) is 30.9 Å². The molecule has 1 aliphatic heterocycles. The molecule has 0 aliphatic carbocycles. The van der Waals surface area contributed by atoms with E-state index < -0.39 is 6.03 Å². The molecule has 0 spiro atoms. The van der Waals surface area contributed by atoms with Gasteiger partial charge in [0.2, 0.25) is 5.91 Å². The minimum atomic E-state index is -0.446. The van der Waals surface area contributed by atoms with Crippen molar-refractivity contribution in [3.05, 3.63) is 30.3 Å². The summed E-state index contributed by atoms with van der Waals surface area (Å²) in [6.45, 7) is 6.04. The zero-order valence-electron chi connectivity index (χ0n) is 15.2. The van der Waals surface area contributed by atoms with Crippen LogP contribution in [-0.4, -0.2) is 41.9 Å². The number of benzene rings is 1. The van der Waals surface area contributed by atoms with Gasteiger partial charge in [-0.25, -0.2) is 4.79 Å². The van der Waals surface area contributed by atoms with E-state index in [1.807, 2.05) is 13.0 Å². The first-order valence-electron chi connectivity index (χ1n) is 8.84. The Morgan fingerprint density at radius 2 is 1.80 bits per heavy atom. The molecule has 1 N–H and O–H groups in total. The van der Waals surface area contributed by atoms with Crippen LogP contribution in [0.2, 0.25) is 0 Å². The van der Waals surface area contributed by atoms with E-state index in [1.165, 1.54) is 4.90 Å². The zero-order chi connectivity index (χ0) is 18.4. The summed E-state index contributed by atoms with van der Waals surface area (Å²) in [5, 5.41) is 2.87. The third kappa shape index (κ3) is 5.31. The van der Waals surface area contributed by atoms with Crippen LogP contribution in [0.1, 0.15) is 40.0 Å². The summed E-state index contributed by atoms with van der Waals surface area (Å²) in [7, 11) is 0. The van der Waals surface area contributed by atoms with Gasteiger partial charge in [0.05, 0.1) is 0 Å². The normalized spacial score (nSPS) is 15.8. The van der Waals surface area contributed by atoms with Crippen molar-refractivity contribution < 1.29 is 14.4 Å². The minimum Gasteiger partial charge on any atom is -0.352 e. The summed E-state index contributed by atoms with van der Waals surface area (Å²) in [5.41, 5.74) is 0.658. The first-order chi connectivity index (χ1) is 11.9. The van der Waals surface area contributed by atoms with E-state index >= 15 is 0 Å². The van der Waals surface area contributed by atoms with Crippen molar-refractivity contribution >= 4 is 23.5 Å². The lowest BCUT2D eigenvalue weighted by molar-refractivity contribution is -0.130. The van der Waals surface area contributed by atoms with Gasteiger partial charge in [-0.3, -0.25) is 19.4 Å². The Morgan fingerprint density at radius 3 is 2.44 bits per heavy atom. The summed E-state index contributed by atoms with van der Waals surface area (Å²) in [6, 6.07) is 8.58. The van der Waals surface area contributed by atoms with Crippen molar-refractivity contribution in [2.45, 2.75) is 46.1 Å². The molecule has 1 saturated heterocycles. The van der Waals surface area contributed by atoms with Crippen LogP contribution in [0, 0.1) is 5.92 Å². The molecule has 1 aromatic rings. The largest absolute Gasteiger partial charge is 0.352 e. The van der Waals surface area contributed by atoms with Crippen LogP contribution in [-0.2, 0) is 9.59 Å². The van der Waals surface area contributed by atoms with E-state index in [0.29, 0.717) is 11.6 Å². The lowest BCUT2D eigenvalue weighted by atomic mass is 10.0. The van der Waals surface area contributed by atoms with Gasteiger partial charge in [0.15, 0.2) is 0 Å². The van der Waals surface area contributed by atoms with Crippen LogP contribution in [0.15, 0.2) is 30.3 Å². The topological polar surface area (TPSA) is 69.7 Å². The lowest BCUT2D eigenvalue weighted by Crippen LogP contribution is -2.44. The minimum absolute atomic E-state index is 0.0277. The average Bonchev–Trinajstić information content (AvgIpc) is 2.83. The molecule has 25 heavy (non-hydrogen) atoms. The molecule has 1 aromatic carbocycles.